The van der Waals surface area contributed by atoms with Crippen molar-refractivity contribution in [1.82, 2.24) is 9.29 Å². The molecule has 0 saturated heterocycles. The smallest absolute Gasteiger partial charge is 0.333 e. The molecule has 0 saturated carbocycles. The maximum Gasteiger partial charge on any atom is 0.333 e. The van der Waals surface area contributed by atoms with E-state index in [4.69, 9.17) is 4.74 Å². The Morgan fingerprint density at radius 3 is 2.55 bits per heavy atom. The van der Waals surface area contributed by atoms with Gasteiger partial charge in [-0.2, -0.15) is 0 Å². The second-order valence-electron chi connectivity index (χ2n) is 7.03. The molecule has 11 heteroatoms. The number of ether oxygens (including phenoxy) is 1. The zero-order valence-corrected chi connectivity index (χ0v) is 19.1. The molecule has 0 atom stereocenters. The standard InChI is InChI=1S/C22H18FN3O5S2/c1-13-3-8-20(32-13)33(29,30)25-22(28)24-15-4-7-19(18(23)12-15)26-10-9-14-11-16(31-2)5-6-17(14)21(26)27/h3-12H,1-2H3,(H2,24,25,28). The van der Waals surface area contributed by atoms with E-state index in [2.05, 4.69) is 5.32 Å². The summed E-state index contributed by atoms with van der Waals surface area (Å²) in [6.45, 7) is 1.74. The van der Waals surface area contributed by atoms with Crippen LogP contribution in [0.1, 0.15) is 4.88 Å². The Morgan fingerprint density at radius 2 is 1.88 bits per heavy atom. The zero-order chi connectivity index (χ0) is 23.8. The van der Waals surface area contributed by atoms with Gasteiger partial charge in [0, 0.05) is 22.1 Å². The third kappa shape index (κ3) is 4.59. The summed E-state index contributed by atoms with van der Waals surface area (Å²) in [7, 11) is -2.52. The van der Waals surface area contributed by atoms with Crippen LogP contribution in [0, 0.1) is 12.7 Å². The summed E-state index contributed by atoms with van der Waals surface area (Å²) in [4.78, 5) is 25.8. The summed E-state index contributed by atoms with van der Waals surface area (Å²) in [6, 6.07) is 12.3. The number of amides is 2. The van der Waals surface area contributed by atoms with Crippen molar-refractivity contribution in [2.24, 2.45) is 0 Å². The third-order valence-corrected chi connectivity index (χ3v) is 7.61. The average Bonchev–Trinajstić information content (AvgIpc) is 3.21. The minimum Gasteiger partial charge on any atom is -0.497 e. The Balaban J connectivity index is 1.57. The highest BCUT2D eigenvalue weighted by Crippen LogP contribution is 2.22. The molecule has 0 radical (unpaired) electrons. The Kier molecular flexibility index (Phi) is 5.91. The lowest BCUT2D eigenvalue weighted by atomic mass is 10.1. The number of carbonyl (C=O) groups is 1. The molecule has 8 nitrogen and oxygen atoms in total. The van der Waals surface area contributed by atoms with Crippen LogP contribution in [0.15, 0.2) is 69.8 Å². The molecular formula is C22H18FN3O5S2. The van der Waals surface area contributed by atoms with Gasteiger partial charge in [0.05, 0.1) is 12.8 Å². The van der Waals surface area contributed by atoms with Crippen molar-refractivity contribution in [3.05, 3.63) is 81.8 Å². The van der Waals surface area contributed by atoms with E-state index in [1.54, 1.807) is 37.3 Å². The Morgan fingerprint density at radius 1 is 1.09 bits per heavy atom. The van der Waals surface area contributed by atoms with Gasteiger partial charge >= 0.3 is 6.03 Å². The maximum absolute atomic E-state index is 14.8. The normalized spacial score (nSPS) is 11.4. The molecule has 4 rings (SSSR count). The van der Waals surface area contributed by atoms with Crippen molar-refractivity contribution in [2.45, 2.75) is 11.1 Å². The predicted molar refractivity (Wildman–Crippen MR) is 124 cm³/mol. The summed E-state index contributed by atoms with van der Waals surface area (Å²) in [5.74, 6) is -0.185. The van der Waals surface area contributed by atoms with E-state index in [0.717, 1.165) is 26.8 Å². The fraction of sp³-hybridized carbons (Fsp3) is 0.0909. The summed E-state index contributed by atoms with van der Waals surface area (Å²) in [5.41, 5.74) is -0.430. The van der Waals surface area contributed by atoms with Crippen molar-refractivity contribution in [2.75, 3.05) is 12.4 Å². The first-order chi connectivity index (χ1) is 15.7. The molecular weight excluding hydrogens is 469 g/mol. The number of pyridine rings is 1. The number of benzene rings is 2. The molecule has 0 aliphatic carbocycles. The SMILES string of the molecule is COc1ccc2c(=O)n(-c3ccc(NC(=O)NS(=O)(=O)c4ccc(C)s4)cc3F)ccc2c1. The lowest BCUT2D eigenvalue weighted by Gasteiger charge is -2.12. The van der Waals surface area contributed by atoms with Gasteiger partial charge in [-0.1, -0.05) is 0 Å². The molecule has 0 fully saturated rings. The summed E-state index contributed by atoms with van der Waals surface area (Å²) in [6.07, 6.45) is 1.44. The molecule has 170 valence electrons. The molecule has 0 aliphatic rings. The largest absolute Gasteiger partial charge is 0.497 e. The molecule has 2 heterocycles. The fourth-order valence-electron chi connectivity index (χ4n) is 3.21. The highest BCUT2D eigenvalue weighted by Gasteiger charge is 2.20. The lowest BCUT2D eigenvalue weighted by molar-refractivity contribution is 0.256. The van der Waals surface area contributed by atoms with Crippen molar-refractivity contribution in [3.63, 3.8) is 0 Å². The van der Waals surface area contributed by atoms with Crippen LogP contribution in [-0.2, 0) is 10.0 Å². The van der Waals surface area contributed by atoms with Crippen molar-refractivity contribution >= 4 is 43.9 Å². The fourth-order valence-corrected chi connectivity index (χ4v) is 5.40. The van der Waals surface area contributed by atoms with Gasteiger partial charge in [0.1, 0.15) is 15.8 Å². The molecule has 0 aliphatic heterocycles. The first kappa shape index (κ1) is 22.5. The first-order valence-corrected chi connectivity index (χ1v) is 11.9. The van der Waals surface area contributed by atoms with Crippen LogP contribution in [0.25, 0.3) is 16.5 Å². The average molecular weight is 488 g/mol. The monoisotopic (exact) mass is 487 g/mol. The number of rotatable bonds is 5. The molecule has 2 aromatic carbocycles. The molecule has 0 spiro atoms. The number of halogens is 1. The Hall–Kier alpha value is -3.70. The van der Waals surface area contributed by atoms with Gasteiger partial charge in [0.15, 0.2) is 0 Å². The van der Waals surface area contributed by atoms with Crippen LogP contribution in [0.5, 0.6) is 5.75 Å². The topological polar surface area (TPSA) is 106 Å². The molecule has 0 bridgehead atoms. The zero-order valence-electron chi connectivity index (χ0n) is 17.5. The van der Waals surface area contributed by atoms with E-state index in [0.29, 0.717) is 16.5 Å². The van der Waals surface area contributed by atoms with E-state index in [9.17, 15) is 22.4 Å². The van der Waals surface area contributed by atoms with Gasteiger partial charge in [-0.25, -0.2) is 22.3 Å². The number of anilines is 1. The van der Waals surface area contributed by atoms with E-state index in [1.807, 2.05) is 4.72 Å². The quantitative estimate of drug-likeness (QED) is 0.442. The molecule has 4 aromatic rings. The number of sulfonamides is 1. The summed E-state index contributed by atoms with van der Waals surface area (Å²) >= 11 is 1.02. The number of thiophene rings is 1. The highest BCUT2D eigenvalue weighted by atomic mass is 32.2. The Bertz CT molecular complexity index is 1540. The van der Waals surface area contributed by atoms with E-state index >= 15 is 0 Å². The maximum atomic E-state index is 14.8. The van der Waals surface area contributed by atoms with E-state index < -0.39 is 27.4 Å². The molecule has 2 N–H and O–H groups in total. The van der Waals surface area contributed by atoms with Gasteiger partial charge < -0.3 is 10.1 Å². The number of carbonyl (C=O) groups excluding carboxylic acids is 1. The number of hydrogen-bond acceptors (Lipinski definition) is 6. The second kappa shape index (κ2) is 8.68. The number of methoxy groups -OCH3 is 1. The summed E-state index contributed by atoms with van der Waals surface area (Å²) in [5, 5.41) is 3.31. The van der Waals surface area contributed by atoms with Crippen LogP contribution in [0.3, 0.4) is 0 Å². The molecule has 33 heavy (non-hydrogen) atoms. The number of nitrogens with zero attached hydrogens (tertiary/aromatic N) is 1. The van der Waals surface area contributed by atoms with Crippen molar-refractivity contribution in [1.29, 1.82) is 0 Å². The van der Waals surface area contributed by atoms with Crippen LogP contribution in [0.4, 0.5) is 14.9 Å². The minimum atomic E-state index is -4.04. The second-order valence-corrected chi connectivity index (χ2v) is 10.2. The predicted octanol–water partition coefficient (Wildman–Crippen LogP) is 4.02. The van der Waals surface area contributed by atoms with Crippen LogP contribution >= 0.6 is 11.3 Å². The van der Waals surface area contributed by atoms with Crippen LogP contribution in [0.2, 0.25) is 0 Å². The van der Waals surface area contributed by atoms with Crippen molar-refractivity contribution < 1.29 is 22.3 Å². The number of urea groups is 1. The first-order valence-electron chi connectivity index (χ1n) is 9.57. The molecule has 0 unspecified atom stereocenters. The van der Waals surface area contributed by atoms with Gasteiger partial charge in [-0.05, 0) is 66.9 Å². The van der Waals surface area contributed by atoms with Crippen molar-refractivity contribution in [3.8, 4) is 11.4 Å². The summed E-state index contributed by atoms with van der Waals surface area (Å²) < 4.78 is 47.5. The minimum absolute atomic E-state index is 0.00928. The molecule has 2 aromatic heterocycles. The molecule has 2 amide bonds. The van der Waals surface area contributed by atoms with Gasteiger partial charge in [0.2, 0.25) is 0 Å². The lowest BCUT2D eigenvalue weighted by Crippen LogP contribution is -2.34. The number of fused-ring (bicyclic) bond motifs is 1. The number of aryl methyl sites for hydroxylation is 1. The highest BCUT2D eigenvalue weighted by molar-refractivity contribution is 7.92. The number of nitrogens with one attached hydrogen (secondary N) is 2. The van der Waals surface area contributed by atoms with Gasteiger partial charge in [0.25, 0.3) is 15.6 Å². The van der Waals surface area contributed by atoms with E-state index in [-0.39, 0.29) is 15.6 Å². The van der Waals surface area contributed by atoms with Crippen LogP contribution < -0.4 is 20.3 Å². The van der Waals surface area contributed by atoms with Gasteiger partial charge in [-0.3, -0.25) is 9.36 Å². The van der Waals surface area contributed by atoms with Gasteiger partial charge in [-0.15, -0.1) is 11.3 Å². The number of hydrogen-bond donors (Lipinski definition) is 2. The third-order valence-electron chi connectivity index (χ3n) is 4.78. The number of aromatic nitrogens is 1. The van der Waals surface area contributed by atoms with Crippen LogP contribution in [-0.4, -0.2) is 26.1 Å². The Labute approximate surface area is 192 Å². The van der Waals surface area contributed by atoms with E-state index in [1.165, 1.54) is 31.5 Å².